The van der Waals surface area contributed by atoms with Crippen LogP contribution in [0.1, 0.15) is 11.1 Å². The molecule has 1 saturated heterocycles. The van der Waals surface area contributed by atoms with E-state index in [4.69, 9.17) is 11.6 Å². The van der Waals surface area contributed by atoms with Crippen molar-refractivity contribution in [3.05, 3.63) is 70.9 Å². The van der Waals surface area contributed by atoms with Crippen LogP contribution in [-0.4, -0.2) is 46.3 Å². The molecule has 7 heteroatoms. The largest absolute Gasteiger partial charge is 0.353 e. The van der Waals surface area contributed by atoms with Gasteiger partial charge in [-0.25, -0.2) is 0 Å². The van der Waals surface area contributed by atoms with Crippen LogP contribution >= 0.6 is 11.6 Å². The Morgan fingerprint density at radius 1 is 1.04 bits per heavy atom. The summed E-state index contributed by atoms with van der Waals surface area (Å²) in [6.07, 6.45) is 1.72. The lowest BCUT2D eigenvalue weighted by Gasteiger charge is -2.35. The molecule has 0 saturated carbocycles. The van der Waals surface area contributed by atoms with Gasteiger partial charge in [-0.1, -0.05) is 48.0 Å². The van der Waals surface area contributed by atoms with Gasteiger partial charge in [0.25, 0.3) is 0 Å². The normalized spacial score (nSPS) is 14.9. The summed E-state index contributed by atoms with van der Waals surface area (Å²) in [6, 6.07) is 16.4. The van der Waals surface area contributed by atoms with E-state index in [1.165, 1.54) is 5.56 Å². The number of aryl methyl sites for hydroxylation is 1. The Balaban J connectivity index is 1.37. The van der Waals surface area contributed by atoms with Gasteiger partial charge in [0.1, 0.15) is 0 Å². The molecule has 144 valence electrons. The summed E-state index contributed by atoms with van der Waals surface area (Å²) in [5.41, 5.74) is 3.23. The maximum atomic E-state index is 6.20. The molecule has 0 unspecified atom stereocenters. The third kappa shape index (κ3) is 4.58. The lowest BCUT2D eigenvalue weighted by Crippen LogP contribution is -2.46. The van der Waals surface area contributed by atoms with Crippen molar-refractivity contribution in [2.45, 2.75) is 13.5 Å². The van der Waals surface area contributed by atoms with Crippen LogP contribution in [0.15, 0.2) is 54.7 Å². The Kier molecular flexibility index (Phi) is 5.69. The van der Waals surface area contributed by atoms with Crippen LogP contribution in [-0.2, 0) is 6.54 Å². The van der Waals surface area contributed by atoms with E-state index in [9.17, 15) is 0 Å². The molecule has 28 heavy (non-hydrogen) atoms. The Bertz CT molecular complexity index is 925. The number of nitrogens with one attached hydrogen (secondary N) is 1. The Hall–Kier alpha value is -2.70. The summed E-state index contributed by atoms with van der Waals surface area (Å²) in [5, 5.41) is 12.1. The van der Waals surface area contributed by atoms with Crippen molar-refractivity contribution in [2.24, 2.45) is 0 Å². The monoisotopic (exact) mass is 394 g/mol. The van der Waals surface area contributed by atoms with Crippen LogP contribution in [0.4, 0.5) is 17.5 Å². The highest BCUT2D eigenvalue weighted by atomic mass is 35.5. The van der Waals surface area contributed by atoms with Crippen LogP contribution in [0.2, 0.25) is 5.02 Å². The molecule has 4 rings (SSSR count). The Morgan fingerprint density at radius 3 is 2.57 bits per heavy atom. The van der Waals surface area contributed by atoms with E-state index in [1.807, 2.05) is 25.1 Å². The summed E-state index contributed by atoms with van der Waals surface area (Å²) in [5.74, 6) is 1.32. The van der Waals surface area contributed by atoms with Crippen molar-refractivity contribution in [1.82, 2.24) is 20.1 Å². The standard InChI is InChI=1S/C21H23ClN6/c1-16-7-8-18(13-19(16)22)24-21-25-20(14-23-26-21)28-11-9-27(10-12-28)15-17-5-3-2-4-6-17/h2-8,13-14H,9-12,15H2,1H3,(H,24,25,26). The lowest BCUT2D eigenvalue weighted by molar-refractivity contribution is 0.249. The van der Waals surface area contributed by atoms with Crippen molar-refractivity contribution in [2.75, 3.05) is 36.4 Å². The van der Waals surface area contributed by atoms with E-state index in [-0.39, 0.29) is 0 Å². The molecule has 2 heterocycles. The van der Waals surface area contributed by atoms with Crippen molar-refractivity contribution in [3.8, 4) is 0 Å². The van der Waals surface area contributed by atoms with Gasteiger partial charge in [0.05, 0.1) is 6.20 Å². The summed E-state index contributed by atoms with van der Waals surface area (Å²) in [7, 11) is 0. The molecule has 1 aliphatic heterocycles. The van der Waals surface area contributed by atoms with E-state index >= 15 is 0 Å². The predicted molar refractivity (Wildman–Crippen MR) is 113 cm³/mol. The van der Waals surface area contributed by atoms with Gasteiger partial charge in [0.15, 0.2) is 5.82 Å². The topological polar surface area (TPSA) is 57.2 Å². The lowest BCUT2D eigenvalue weighted by atomic mass is 10.2. The molecule has 0 atom stereocenters. The second kappa shape index (κ2) is 8.54. The average molecular weight is 395 g/mol. The highest BCUT2D eigenvalue weighted by Crippen LogP contribution is 2.22. The molecule has 0 bridgehead atoms. The van der Waals surface area contributed by atoms with E-state index in [0.717, 1.165) is 49.8 Å². The molecule has 0 spiro atoms. The zero-order chi connectivity index (χ0) is 19.3. The van der Waals surface area contributed by atoms with Gasteiger partial charge in [-0.15, -0.1) is 5.10 Å². The molecule has 2 aromatic carbocycles. The number of hydrogen-bond acceptors (Lipinski definition) is 6. The first-order chi connectivity index (χ1) is 13.7. The van der Waals surface area contributed by atoms with E-state index in [1.54, 1.807) is 6.20 Å². The minimum Gasteiger partial charge on any atom is -0.353 e. The smallest absolute Gasteiger partial charge is 0.249 e. The fraction of sp³-hybridized carbons (Fsp3) is 0.286. The number of rotatable bonds is 5. The second-order valence-electron chi connectivity index (χ2n) is 6.98. The highest BCUT2D eigenvalue weighted by Gasteiger charge is 2.19. The van der Waals surface area contributed by atoms with Crippen molar-refractivity contribution in [3.63, 3.8) is 0 Å². The van der Waals surface area contributed by atoms with E-state index < -0.39 is 0 Å². The summed E-state index contributed by atoms with van der Waals surface area (Å²) < 4.78 is 0. The molecule has 1 fully saturated rings. The van der Waals surface area contributed by atoms with Crippen LogP contribution in [0.3, 0.4) is 0 Å². The molecule has 0 amide bonds. The molecule has 3 aromatic rings. The highest BCUT2D eigenvalue weighted by molar-refractivity contribution is 6.31. The molecular weight excluding hydrogens is 372 g/mol. The van der Waals surface area contributed by atoms with Gasteiger partial charge < -0.3 is 10.2 Å². The number of hydrogen-bond donors (Lipinski definition) is 1. The fourth-order valence-corrected chi connectivity index (χ4v) is 3.46. The van der Waals surface area contributed by atoms with Crippen LogP contribution in [0.5, 0.6) is 0 Å². The number of piperazine rings is 1. The molecule has 0 aliphatic carbocycles. The number of anilines is 3. The van der Waals surface area contributed by atoms with E-state index in [2.05, 4.69) is 60.6 Å². The minimum atomic E-state index is 0.476. The van der Waals surface area contributed by atoms with E-state index in [0.29, 0.717) is 11.0 Å². The third-order valence-corrected chi connectivity index (χ3v) is 5.33. The van der Waals surface area contributed by atoms with Gasteiger partial charge >= 0.3 is 0 Å². The van der Waals surface area contributed by atoms with Crippen LogP contribution in [0.25, 0.3) is 0 Å². The molecule has 1 N–H and O–H groups in total. The molecular formula is C21H23ClN6. The summed E-state index contributed by atoms with van der Waals surface area (Å²) in [6.45, 7) is 6.78. The molecule has 1 aliphatic rings. The number of aromatic nitrogens is 3. The van der Waals surface area contributed by atoms with Crippen molar-refractivity contribution >= 4 is 29.1 Å². The van der Waals surface area contributed by atoms with Crippen LogP contribution in [0, 0.1) is 6.92 Å². The summed E-state index contributed by atoms with van der Waals surface area (Å²) >= 11 is 6.20. The average Bonchev–Trinajstić information content (AvgIpc) is 2.72. The third-order valence-electron chi connectivity index (χ3n) is 4.92. The van der Waals surface area contributed by atoms with Gasteiger partial charge in [-0.05, 0) is 30.2 Å². The Morgan fingerprint density at radius 2 is 1.82 bits per heavy atom. The predicted octanol–water partition coefficient (Wildman–Crippen LogP) is 3.90. The zero-order valence-corrected chi connectivity index (χ0v) is 16.6. The maximum Gasteiger partial charge on any atom is 0.249 e. The molecule has 6 nitrogen and oxygen atoms in total. The second-order valence-corrected chi connectivity index (χ2v) is 7.38. The van der Waals surface area contributed by atoms with Gasteiger partial charge in [0.2, 0.25) is 5.95 Å². The van der Waals surface area contributed by atoms with Crippen LogP contribution < -0.4 is 10.2 Å². The quantitative estimate of drug-likeness (QED) is 0.708. The zero-order valence-electron chi connectivity index (χ0n) is 15.8. The van der Waals surface area contributed by atoms with Gasteiger partial charge in [-0.3, -0.25) is 4.90 Å². The van der Waals surface area contributed by atoms with Crippen molar-refractivity contribution < 1.29 is 0 Å². The fourth-order valence-electron chi connectivity index (χ4n) is 3.28. The number of benzene rings is 2. The first-order valence-electron chi connectivity index (χ1n) is 9.41. The Labute approximate surface area is 170 Å². The number of halogens is 1. The number of nitrogens with zero attached hydrogens (tertiary/aromatic N) is 5. The minimum absolute atomic E-state index is 0.476. The van der Waals surface area contributed by atoms with Crippen molar-refractivity contribution in [1.29, 1.82) is 0 Å². The molecule has 1 aromatic heterocycles. The van der Waals surface area contributed by atoms with Gasteiger partial charge in [0, 0.05) is 43.4 Å². The first-order valence-corrected chi connectivity index (χ1v) is 9.79. The first kappa shape index (κ1) is 18.7. The molecule has 0 radical (unpaired) electrons. The SMILES string of the molecule is Cc1ccc(Nc2nncc(N3CCN(Cc4ccccc4)CC3)n2)cc1Cl. The maximum absolute atomic E-state index is 6.20. The van der Waals surface area contributed by atoms with Gasteiger partial charge in [-0.2, -0.15) is 10.1 Å². The summed E-state index contributed by atoms with van der Waals surface area (Å²) in [4.78, 5) is 9.35.